The fourth-order valence-electron chi connectivity index (χ4n) is 2.65. The third-order valence-electron chi connectivity index (χ3n) is 3.95. The van der Waals surface area contributed by atoms with E-state index in [-0.39, 0.29) is 6.04 Å². The molecule has 2 nitrogen and oxygen atoms in total. The fraction of sp³-hybridized carbons (Fsp3) is 0.238. The first-order valence-corrected chi connectivity index (χ1v) is 8.12. The van der Waals surface area contributed by atoms with Crippen LogP contribution in [0.15, 0.2) is 85.1 Å². The van der Waals surface area contributed by atoms with Crippen molar-refractivity contribution >= 4 is 0 Å². The fourth-order valence-corrected chi connectivity index (χ4v) is 2.65. The zero-order chi connectivity index (χ0) is 16.5. The molecule has 0 spiro atoms. The molecule has 0 heterocycles. The largest absolute Gasteiger partial charge is 0.378 e. The predicted octanol–water partition coefficient (Wildman–Crippen LogP) is 4.73. The average molecular weight is 306 g/mol. The minimum atomic E-state index is 0.243. The summed E-state index contributed by atoms with van der Waals surface area (Å²) < 4.78 is 0. The molecule has 120 valence electrons. The zero-order valence-electron chi connectivity index (χ0n) is 14.1. The smallest absolute Gasteiger partial charge is 0.0681 e. The van der Waals surface area contributed by atoms with E-state index in [2.05, 4.69) is 84.4 Å². The van der Waals surface area contributed by atoms with Crippen LogP contribution in [0.25, 0.3) is 0 Å². The van der Waals surface area contributed by atoms with Gasteiger partial charge in [-0.3, -0.25) is 4.90 Å². The van der Waals surface area contributed by atoms with Gasteiger partial charge in [-0.15, -0.1) is 0 Å². The van der Waals surface area contributed by atoms with Crippen LogP contribution in [0.3, 0.4) is 0 Å². The third-order valence-corrected chi connectivity index (χ3v) is 3.95. The van der Waals surface area contributed by atoms with Crippen molar-refractivity contribution in [2.45, 2.75) is 19.9 Å². The SMILES string of the molecule is C=C/C(C)=C\NCN(CC)C(c1ccccc1)c1ccccc1. The van der Waals surface area contributed by atoms with Gasteiger partial charge in [-0.2, -0.15) is 0 Å². The minimum absolute atomic E-state index is 0.243. The van der Waals surface area contributed by atoms with Crippen LogP contribution in [0.4, 0.5) is 0 Å². The van der Waals surface area contributed by atoms with Crippen molar-refractivity contribution in [2.24, 2.45) is 0 Å². The molecule has 2 heteroatoms. The van der Waals surface area contributed by atoms with Gasteiger partial charge in [0.05, 0.1) is 12.7 Å². The van der Waals surface area contributed by atoms with Gasteiger partial charge in [-0.05, 0) is 30.2 Å². The van der Waals surface area contributed by atoms with Crippen molar-refractivity contribution < 1.29 is 0 Å². The van der Waals surface area contributed by atoms with Crippen LogP contribution in [0, 0.1) is 0 Å². The summed E-state index contributed by atoms with van der Waals surface area (Å²) in [4.78, 5) is 2.43. The van der Waals surface area contributed by atoms with Crippen LogP contribution in [0.1, 0.15) is 31.0 Å². The Balaban J connectivity index is 2.26. The number of nitrogens with one attached hydrogen (secondary N) is 1. The summed E-state index contributed by atoms with van der Waals surface area (Å²) in [5.41, 5.74) is 3.76. The van der Waals surface area contributed by atoms with Gasteiger partial charge in [0, 0.05) is 6.20 Å². The first kappa shape index (κ1) is 17.0. The maximum Gasteiger partial charge on any atom is 0.0681 e. The molecule has 0 saturated carbocycles. The number of benzene rings is 2. The van der Waals surface area contributed by atoms with E-state index in [1.807, 2.05) is 19.2 Å². The number of allylic oxidation sites excluding steroid dienone is 2. The second-order valence-corrected chi connectivity index (χ2v) is 5.58. The molecule has 0 aromatic heterocycles. The molecule has 2 rings (SSSR count). The predicted molar refractivity (Wildman–Crippen MR) is 99.1 cm³/mol. The highest BCUT2D eigenvalue weighted by Crippen LogP contribution is 2.27. The average Bonchev–Trinajstić information content (AvgIpc) is 2.62. The van der Waals surface area contributed by atoms with Crippen LogP contribution in [-0.4, -0.2) is 18.1 Å². The molecule has 0 amide bonds. The van der Waals surface area contributed by atoms with Crippen molar-refractivity contribution in [1.29, 1.82) is 0 Å². The third kappa shape index (κ3) is 4.83. The van der Waals surface area contributed by atoms with Gasteiger partial charge in [0.15, 0.2) is 0 Å². The molecule has 0 fully saturated rings. The summed E-state index contributed by atoms with van der Waals surface area (Å²) >= 11 is 0. The molecule has 1 N–H and O–H groups in total. The molecule has 23 heavy (non-hydrogen) atoms. The molecule has 0 saturated heterocycles. The summed E-state index contributed by atoms with van der Waals surface area (Å²) in [6.45, 7) is 9.78. The topological polar surface area (TPSA) is 15.3 Å². The van der Waals surface area contributed by atoms with Crippen molar-refractivity contribution in [3.8, 4) is 0 Å². The lowest BCUT2D eigenvalue weighted by Gasteiger charge is -2.31. The monoisotopic (exact) mass is 306 g/mol. The van der Waals surface area contributed by atoms with Crippen LogP contribution >= 0.6 is 0 Å². The lowest BCUT2D eigenvalue weighted by molar-refractivity contribution is 0.229. The van der Waals surface area contributed by atoms with Gasteiger partial charge in [-0.1, -0.05) is 80.2 Å². The number of rotatable bonds is 8. The summed E-state index contributed by atoms with van der Waals surface area (Å²) in [6.07, 6.45) is 3.87. The molecule has 0 radical (unpaired) electrons. The molecule has 0 aliphatic heterocycles. The van der Waals surface area contributed by atoms with Gasteiger partial charge in [0.1, 0.15) is 0 Å². The quantitative estimate of drug-likeness (QED) is 0.560. The maximum atomic E-state index is 3.79. The Morgan fingerprint density at radius 3 is 2.00 bits per heavy atom. The second kappa shape index (κ2) is 8.96. The summed E-state index contributed by atoms with van der Waals surface area (Å²) in [5.74, 6) is 0. The summed E-state index contributed by atoms with van der Waals surface area (Å²) in [7, 11) is 0. The van der Waals surface area contributed by atoms with Gasteiger partial charge in [0.25, 0.3) is 0 Å². The molecule has 0 atom stereocenters. The van der Waals surface area contributed by atoms with Crippen molar-refractivity contribution in [3.05, 3.63) is 96.2 Å². The standard InChI is InChI=1S/C21H26N2/c1-4-18(3)16-22-17-23(5-2)21(19-12-8-6-9-13-19)20-14-10-7-11-15-20/h4,6-16,21-22H,1,5,17H2,2-3H3/b18-16-. The van der Waals surface area contributed by atoms with E-state index in [1.165, 1.54) is 11.1 Å². The molecule has 2 aromatic rings. The van der Waals surface area contributed by atoms with E-state index in [0.29, 0.717) is 0 Å². The first-order chi connectivity index (χ1) is 11.3. The Hall–Kier alpha value is -2.32. The Morgan fingerprint density at radius 2 is 1.57 bits per heavy atom. The van der Waals surface area contributed by atoms with Gasteiger partial charge < -0.3 is 5.32 Å². The first-order valence-electron chi connectivity index (χ1n) is 8.12. The second-order valence-electron chi connectivity index (χ2n) is 5.58. The Morgan fingerprint density at radius 1 is 1.04 bits per heavy atom. The zero-order valence-corrected chi connectivity index (χ0v) is 14.1. The molecule has 0 aliphatic rings. The Bertz CT molecular complexity index is 577. The molecular weight excluding hydrogens is 280 g/mol. The highest BCUT2D eigenvalue weighted by molar-refractivity contribution is 5.31. The van der Waals surface area contributed by atoms with Crippen LogP contribution in [0.5, 0.6) is 0 Å². The van der Waals surface area contributed by atoms with Crippen molar-refractivity contribution in [2.75, 3.05) is 13.2 Å². The van der Waals surface area contributed by atoms with E-state index in [1.54, 1.807) is 0 Å². The lowest BCUT2D eigenvalue weighted by atomic mass is 9.97. The lowest BCUT2D eigenvalue weighted by Crippen LogP contribution is -2.36. The minimum Gasteiger partial charge on any atom is -0.378 e. The summed E-state index contributed by atoms with van der Waals surface area (Å²) in [6, 6.07) is 21.6. The van der Waals surface area contributed by atoms with E-state index in [0.717, 1.165) is 18.8 Å². The van der Waals surface area contributed by atoms with Gasteiger partial charge in [-0.25, -0.2) is 0 Å². The molecule has 2 aromatic carbocycles. The highest BCUT2D eigenvalue weighted by atomic mass is 15.2. The van der Waals surface area contributed by atoms with Crippen LogP contribution < -0.4 is 5.32 Å². The van der Waals surface area contributed by atoms with E-state index >= 15 is 0 Å². The number of nitrogens with zero attached hydrogens (tertiary/aromatic N) is 1. The van der Waals surface area contributed by atoms with Crippen molar-refractivity contribution in [1.82, 2.24) is 10.2 Å². The van der Waals surface area contributed by atoms with Crippen LogP contribution in [0.2, 0.25) is 0 Å². The molecular formula is C21H26N2. The normalized spacial score (nSPS) is 11.7. The van der Waals surface area contributed by atoms with Gasteiger partial charge in [0.2, 0.25) is 0 Å². The molecule has 0 bridgehead atoms. The van der Waals surface area contributed by atoms with E-state index in [9.17, 15) is 0 Å². The van der Waals surface area contributed by atoms with Gasteiger partial charge >= 0.3 is 0 Å². The summed E-state index contributed by atoms with van der Waals surface area (Å²) in [5, 5.41) is 3.40. The molecule has 0 aliphatic carbocycles. The Labute approximate surface area is 140 Å². The number of hydrogen-bond donors (Lipinski definition) is 1. The van der Waals surface area contributed by atoms with Crippen molar-refractivity contribution in [3.63, 3.8) is 0 Å². The molecule has 0 unspecified atom stereocenters. The maximum absolute atomic E-state index is 3.79. The number of hydrogen-bond acceptors (Lipinski definition) is 2. The Kier molecular flexibility index (Phi) is 6.64. The van der Waals surface area contributed by atoms with Crippen LogP contribution in [-0.2, 0) is 0 Å². The van der Waals surface area contributed by atoms with E-state index < -0.39 is 0 Å². The van der Waals surface area contributed by atoms with E-state index in [4.69, 9.17) is 0 Å². The highest BCUT2D eigenvalue weighted by Gasteiger charge is 2.20.